The van der Waals surface area contributed by atoms with E-state index in [0.29, 0.717) is 33.4 Å². The number of furan rings is 1. The second-order valence-electron chi connectivity index (χ2n) is 5.61. The maximum atomic E-state index is 12.5. The number of hydrogen-bond donors (Lipinski definition) is 1. The van der Waals surface area contributed by atoms with Crippen LogP contribution >= 0.6 is 11.6 Å². The van der Waals surface area contributed by atoms with E-state index in [1.807, 2.05) is 12.1 Å². The lowest BCUT2D eigenvalue weighted by Gasteiger charge is -2.05. The van der Waals surface area contributed by atoms with Gasteiger partial charge in [-0.15, -0.1) is 0 Å². The standard InChI is InChI=1S/C20H16ClNO4/c1-12-17(11-18(26-12)13-3-7-15(21)8-4-13)19(23)22-16-9-5-14(6-10-16)20(24)25-2/h3-11H,1-2H3,(H,22,23). The Morgan fingerprint density at radius 3 is 2.31 bits per heavy atom. The molecule has 0 bridgehead atoms. The Bertz CT molecular complexity index is 943. The van der Waals surface area contributed by atoms with Crippen LogP contribution in [0.1, 0.15) is 26.5 Å². The Kier molecular flexibility index (Phi) is 5.09. The Morgan fingerprint density at radius 1 is 1.04 bits per heavy atom. The van der Waals surface area contributed by atoms with Crippen molar-refractivity contribution < 1.29 is 18.7 Å². The number of amides is 1. The maximum Gasteiger partial charge on any atom is 0.337 e. The highest BCUT2D eigenvalue weighted by Crippen LogP contribution is 2.27. The number of aryl methyl sites for hydroxylation is 1. The SMILES string of the molecule is COC(=O)c1ccc(NC(=O)c2cc(-c3ccc(Cl)cc3)oc2C)cc1. The van der Waals surface area contributed by atoms with Crippen molar-refractivity contribution in [1.82, 2.24) is 0 Å². The zero-order chi connectivity index (χ0) is 18.7. The topological polar surface area (TPSA) is 68.5 Å². The monoisotopic (exact) mass is 369 g/mol. The maximum absolute atomic E-state index is 12.5. The first-order valence-corrected chi connectivity index (χ1v) is 8.22. The molecule has 5 nitrogen and oxygen atoms in total. The van der Waals surface area contributed by atoms with E-state index < -0.39 is 5.97 Å². The van der Waals surface area contributed by atoms with Gasteiger partial charge < -0.3 is 14.5 Å². The first kappa shape index (κ1) is 17.8. The van der Waals surface area contributed by atoms with Crippen LogP contribution in [-0.4, -0.2) is 19.0 Å². The predicted octanol–water partition coefficient (Wildman–Crippen LogP) is 4.95. The largest absolute Gasteiger partial charge is 0.465 e. The molecule has 0 unspecified atom stereocenters. The summed E-state index contributed by atoms with van der Waals surface area (Å²) in [6.07, 6.45) is 0. The van der Waals surface area contributed by atoms with Gasteiger partial charge in [-0.1, -0.05) is 11.6 Å². The molecule has 0 aliphatic rings. The van der Waals surface area contributed by atoms with E-state index in [0.717, 1.165) is 5.56 Å². The van der Waals surface area contributed by atoms with Gasteiger partial charge in [-0.3, -0.25) is 4.79 Å². The highest BCUT2D eigenvalue weighted by Gasteiger charge is 2.16. The second kappa shape index (κ2) is 7.45. The van der Waals surface area contributed by atoms with Crippen molar-refractivity contribution in [3.05, 3.63) is 76.5 Å². The van der Waals surface area contributed by atoms with Crippen molar-refractivity contribution in [2.24, 2.45) is 0 Å². The summed E-state index contributed by atoms with van der Waals surface area (Å²) in [5, 5.41) is 3.41. The zero-order valence-corrected chi connectivity index (χ0v) is 15.0. The summed E-state index contributed by atoms with van der Waals surface area (Å²) in [4.78, 5) is 24.0. The van der Waals surface area contributed by atoms with Gasteiger partial charge in [0.15, 0.2) is 0 Å². The Morgan fingerprint density at radius 2 is 1.69 bits per heavy atom. The molecule has 0 atom stereocenters. The molecule has 0 radical (unpaired) electrons. The molecule has 0 spiro atoms. The van der Waals surface area contributed by atoms with E-state index >= 15 is 0 Å². The quantitative estimate of drug-likeness (QED) is 0.661. The molecule has 1 N–H and O–H groups in total. The number of halogens is 1. The molecule has 0 aliphatic heterocycles. The number of carbonyl (C=O) groups excluding carboxylic acids is 2. The number of benzene rings is 2. The lowest BCUT2D eigenvalue weighted by Crippen LogP contribution is -2.12. The van der Waals surface area contributed by atoms with Crippen LogP contribution in [0.25, 0.3) is 11.3 Å². The molecule has 3 rings (SSSR count). The fraction of sp³-hybridized carbons (Fsp3) is 0.100. The van der Waals surface area contributed by atoms with E-state index in [2.05, 4.69) is 10.1 Å². The van der Waals surface area contributed by atoms with Gasteiger partial charge in [-0.05, 0) is 61.5 Å². The minimum atomic E-state index is -0.429. The van der Waals surface area contributed by atoms with Crippen molar-refractivity contribution >= 4 is 29.2 Å². The number of hydrogen-bond acceptors (Lipinski definition) is 4. The van der Waals surface area contributed by atoms with Crippen LogP contribution in [0.2, 0.25) is 5.02 Å². The third-order valence-electron chi connectivity index (χ3n) is 3.86. The number of nitrogens with one attached hydrogen (secondary N) is 1. The van der Waals surface area contributed by atoms with Crippen molar-refractivity contribution in [2.75, 3.05) is 12.4 Å². The summed E-state index contributed by atoms with van der Waals surface area (Å²) in [5.74, 6) is 0.377. The molecule has 0 saturated heterocycles. The molecule has 132 valence electrons. The van der Waals surface area contributed by atoms with E-state index in [1.54, 1.807) is 49.4 Å². The minimum Gasteiger partial charge on any atom is -0.465 e. The number of rotatable bonds is 4. The normalized spacial score (nSPS) is 10.4. The summed E-state index contributed by atoms with van der Waals surface area (Å²) < 4.78 is 10.3. The van der Waals surface area contributed by atoms with Crippen LogP contribution in [-0.2, 0) is 4.74 Å². The van der Waals surface area contributed by atoms with Crippen molar-refractivity contribution in [3.63, 3.8) is 0 Å². The average molecular weight is 370 g/mol. The van der Waals surface area contributed by atoms with Gasteiger partial charge in [0, 0.05) is 16.3 Å². The fourth-order valence-electron chi connectivity index (χ4n) is 2.47. The van der Waals surface area contributed by atoms with Gasteiger partial charge >= 0.3 is 5.97 Å². The molecule has 2 aromatic carbocycles. The Hall–Kier alpha value is -3.05. The number of esters is 1. The van der Waals surface area contributed by atoms with E-state index in [1.165, 1.54) is 7.11 Å². The zero-order valence-electron chi connectivity index (χ0n) is 14.2. The highest BCUT2D eigenvalue weighted by atomic mass is 35.5. The molecule has 0 aliphatic carbocycles. The van der Waals surface area contributed by atoms with Gasteiger partial charge in [-0.2, -0.15) is 0 Å². The van der Waals surface area contributed by atoms with E-state index in [-0.39, 0.29) is 5.91 Å². The molecule has 0 saturated carbocycles. The Labute approximate surface area is 155 Å². The van der Waals surface area contributed by atoms with Crippen LogP contribution in [0.4, 0.5) is 5.69 Å². The molecular weight excluding hydrogens is 354 g/mol. The first-order chi connectivity index (χ1) is 12.5. The number of carbonyl (C=O) groups is 2. The van der Waals surface area contributed by atoms with E-state index in [9.17, 15) is 9.59 Å². The summed E-state index contributed by atoms with van der Waals surface area (Å²) in [5.41, 5.74) is 2.25. The summed E-state index contributed by atoms with van der Waals surface area (Å²) in [7, 11) is 1.32. The smallest absolute Gasteiger partial charge is 0.337 e. The van der Waals surface area contributed by atoms with Crippen LogP contribution in [0.3, 0.4) is 0 Å². The predicted molar refractivity (Wildman–Crippen MR) is 99.6 cm³/mol. The third kappa shape index (κ3) is 3.78. The summed E-state index contributed by atoms with van der Waals surface area (Å²) in [6.45, 7) is 1.73. The number of anilines is 1. The van der Waals surface area contributed by atoms with Gasteiger partial charge in [0.05, 0.1) is 18.2 Å². The number of methoxy groups -OCH3 is 1. The molecular formula is C20H16ClNO4. The fourth-order valence-corrected chi connectivity index (χ4v) is 2.60. The van der Waals surface area contributed by atoms with Crippen LogP contribution in [0, 0.1) is 6.92 Å². The second-order valence-corrected chi connectivity index (χ2v) is 6.05. The van der Waals surface area contributed by atoms with Crippen molar-refractivity contribution in [3.8, 4) is 11.3 Å². The molecule has 1 aromatic heterocycles. The molecule has 26 heavy (non-hydrogen) atoms. The molecule has 6 heteroatoms. The summed E-state index contributed by atoms with van der Waals surface area (Å²) >= 11 is 5.89. The van der Waals surface area contributed by atoms with Crippen LogP contribution in [0.5, 0.6) is 0 Å². The third-order valence-corrected chi connectivity index (χ3v) is 4.11. The van der Waals surface area contributed by atoms with Gasteiger partial charge in [0.2, 0.25) is 0 Å². The molecule has 1 heterocycles. The van der Waals surface area contributed by atoms with Gasteiger partial charge in [0.1, 0.15) is 11.5 Å². The van der Waals surface area contributed by atoms with Gasteiger partial charge in [-0.25, -0.2) is 4.79 Å². The Balaban J connectivity index is 1.78. The van der Waals surface area contributed by atoms with Crippen molar-refractivity contribution in [2.45, 2.75) is 6.92 Å². The highest BCUT2D eigenvalue weighted by molar-refractivity contribution is 6.30. The number of ether oxygens (including phenoxy) is 1. The molecule has 3 aromatic rings. The molecule has 0 fully saturated rings. The minimum absolute atomic E-state index is 0.294. The summed E-state index contributed by atoms with van der Waals surface area (Å²) in [6, 6.07) is 15.3. The lowest BCUT2D eigenvalue weighted by atomic mass is 10.1. The van der Waals surface area contributed by atoms with Crippen LogP contribution < -0.4 is 5.32 Å². The van der Waals surface area contributed by atoms with Crippen molar-refractivity contribution in [1.29, 1.82) is 0 Å². The van der Waals surface area contributed by atoms with E-state index in [4.69, 9.17) is 16.0 Å². The average Bonchev–Trinajstić information content (AvgIpc) is 3.04. The van der Waals surface area contributed by atoms with Gasteiger partial charge in [0.25, 0.3) is 5.91 Å². The first-order valence-electron chi connectivity index (χ1n) is 7.84. The molecule has 1 amide bonds. The van der Waals surface area contributed by atoms with Crippen LogP contribution in [0.15, 0.2) is 59.0 Å². The lowest BCUT2D eigenvalue weighted by molar-refractivity contribution is 0.0600.